The molecule has 0 fully saturated rings. The van der Waals surface area contributed by atoms with E-state index >= 15 is 0 Å². The molecule has 4 heteroatoms. The lowest BCUT2D eigenvalue weighted by Crippen LogP contribution is -2.23. The Kier molecular flexibility index (Phi) is 2.98. The molecule has 0 saturated carbocycles. The van der Waals surface area contributed by atoms with Gasteiger partial charge in [-0.25, -0.2) is 4.99 Å². The van der Waals surface area contributed by atoms with Crippen molar-refractivity contribution in [3.05, 3.63) is 0 Å². The summed E-state index contributed by atoms with van der Waals surface area (Å²) in [6.07, 6.45) is 4.81. The van der Waals surface area contributed by atoms with E-state index in [0.717, 1.165) is 19.1 Å². The van der Waals surface area contributed by atoms with Gasteiger partial charge >= 0.3 is 0 Å². The number of hydrogen-bond acceptors (Lipinski definition) is 3. The van der Waals surface area contributed by atoms with Crippen LogP contribution in [0.5, 0.6) is 0 Å². The summed E-state index contributed by atoms with van der Waals surface area (Å²) >= 11 is 5.60. The molecule has 0 aromatic rings. The maximum absolute atomic E-state index is 10.7. The molecule has 0 aromatic heterocycles. The van der Waals surface area contributed by atoms with Crippen molar-refractivity contribution in [1.82, 2.24) is 0 Å². The van der Waals surface area contributed by atoms with E-state index in [1.54, 1.807) is 0 Å². The van der Waals surface area contributed by atoms with E-state index in [9.17, 15) is 4.79 Å². The maximum atomic E-state index is 10.7. The minimum absolute atomic E-state index is 0.318. The van der Waals surface area contributed by atoms with Crippen LogP contribution in [0.3, 0.4) is 0 Å². The molecule has 0 radical (unpaired) electrons. The summed E-state index contributed by atoms with van der Waals surface area (Å²) < 4.78 is 0. The molecule has 1 rings (SSSR count). The molecule has 0 aromatic carbocycles. The van der Waals surface area contributed by atoms with Gasteiger partial charge in [0, 0.05) is 0 Å². The summed E-state index contributed by atoms with van der Waals surface area (Å²) in [4.78, 5) is 18.6. The van der Waals surface area contributed by atoms with Crippen LogP contribution in [0.15, 0.2) is 9.98 Å². The largest absolute Gasteiger partial charge is 0.298 e. The fraction of sp³-hybridized carbons (Fsp3) is 0.625. The Bertz CT molecular complexity index is 237. The summed E-state index contributed by atoms with van der Waals surface area (Å²) in [5.41, 5.74) is -0.896. The number of halogens is 1. The fourth-order valence-corrected chi connectivity index (χ4v) is 1.28. The zero-order valence-corrected chi connectivity index (χ0v) is 7.71. The molecule has 1 aliphatic heterocycles. The molecule has 1 unspecified atom stereocenters. The minimum atomic E-state index is -0.896. The quantitative estimate of drug-likeness (QED) is 0.618. The molecule has 3 nitrogen and oxygen atoms in total. The number of carbonyl (C=O) groups excluding carboxylic acids is 1. The molecular weight excluding hydrogens is 176 g/mol. The summed E-state index contributed by atoms with van der Waals surface area (Å²) in [6.45, 7) is 2.06. The Morgan fingerprint density at radius 1 is 1.75 bits per heavy atom. The molecule has 1 atom stereocenters. The van der Waals surface area contributed by atoms with Gasteiger partial charge in [-0.3, -0.25) is 9.79 Å². The van der Waals surface area contributed by atoms with Crippen molar-refractivity contribution in [2.45, 2.75) is 31.8 Å². The zero-order chi connectivity index (χ0) is 9.03. The van der Waals surface area contributed by atoms with Crippen LogP contribution in [0.1, 0.15) is 26.2 Å². The van der Waals surface area contributed by atoms with Gasteiger partial charge in [-0.05, 0) is 12.8 Å². The molecule has 0 spiro atoms. The van der Waals surface area contributed by atoms with Crippen molar-refractivity contribution in [3.8, 4) is 0 Å². The number of aldehydes is 1. The number of nitrogens with zero attached hydrogens (tertiary/aromatic N) is 2. The molecule has 0 saturated heterocycles. The molecule has 1 aliphatic rings. The van der Waals surface area contributed by atoms with Gasteiger partial charge in [-0.2, -0.15) is 0 Å². The third kappa shape index (κ3) is 1.91. The fourth-order valence-electron chi connectivity index (χ4n) is 1.08. The first kappa shape index (κ1) is 9.39. The first-order valence-corrected chi connectivity index (χ1v) is 4.37. The third-order valence-corrected chi connectivity index (χ3v) is 1.96. The highest BCUT2D eigenvalue weighted by Gasteiger charge is 2.30. The Morgan fingerprint density at radius 2 is 2.50 bits per heavy atom. The highest BCUT2D eigenvalue weighted by Crippen LogP contribution is 2.22. The van der Waals surface area contributed by atoms with Crippen molar-refractivity contribution >= 4 is 29.3 Å². The standard InChI is InChI=1S/C8H11ClN2O/c1-2-3-4-8(6-12)10-5-7(9)11-8/h5-6H,2-4H2,1H3. The molecular formula is C8H11ClN2O. The maximum Gasteiger partial charge on any atom is 0.207 e. The van der Waals surface area contributed by atoms with Crippen molar-refractivity contribution in [2.75, 3.05) is 0 Å². The van der Waals surface area contributed by atoms with E-state index in [4.69, 9.17) is 11.6 Å². The van der Waals surface area contributed by atoms with Crippen molar-refractivity contribution in [1.29, 1.82) is 0 Å². The Morgan fingerprint density at radius 3 is 2.92 bits per heavy atom. The van der Waals surface area contributed by atoms with E-state index in [1.165, 1.54) is 6.21 Å². The Hall–Kier alpha value is -0.700. The molecule has 12 heavy (non-hydrogen) atoms. The van der Waals surface area contributed by atoms with Crippen LogP contribution in [-0.4, -0.2) is 23.3 Å². The van der Waals surface area contributed by atoms with Gasteiger partial charge in [0.15, 0.2) is 6.29 Å². The van der Waals surface area contributed by atoms with Crippen LogP contribution in [0.2, 0.25) is 0 Å². The summed E-state index contributed by atoms with van der Waals surface area (Å²) in [7, 11) is 0. The van der Waals surface area contributed by atoms with Gasteiger partial charge in [-0.15, -0.1) is 0 Å². The molecule has 0 N–H and O–H groups in total. The van der Waals surface area contributed by atoms with E-state index < -0.39 is 5.66 Å². The minimum Gasteiger partial charge on any atom is -0.298 e. The summed E-state index contributed by atoms with van der Waals surface area (Å²) in [6, 6.07) is 0. The number of hydrogen-bond donors (Lipinski definition) is 0. The van der Waals surface area contributed by atoms with Gasteiger partial charge in [0.1, 0.15) is 5.17 Å². The number of rotatable bonds is 4. The van der Waals surface area contributed by atoms with Gasteiger partial charge in [0.2, 0.25) is 5.66 Å². The normalized spacial score (nSPS) is 27.3. The van der Waals surface area contributed by atoms with Gasteiger partial charge in [0.05, 0.1) is 6.21 Å². The monoisotopic (exact) mass is 186 g/mol. The number of unbranched alkanes of at least 4 members (excludes halogenated alkanes) is 1. The van der Waals surface area contributed by atoms with Gasteiger partial charge in [-0.1, -0.05) is 24.9 Å². The molecule has 66 valence electrons. The summed E-state index contributed by atoms with van der Waals surface area (Å²) in [5, 5.41) is 0.318. The van der Waals surface area contributed by atoms with Crippen LogP contribution in [0.4, 0.5) is 0 Å². The SMILES string of the molecule is CCCCC1(C=O)N=CC(Cl)=N1. The van der Waals surface area contributed by atoms with Crippen molar-refractivity contribution in [2.24, 2.45) is 9.98 Å². The van der Waals surface area contributed by atoms with Crippen LogP contribution in [-0.2, 0) is 4.79 Å². The topological polar surface area (TPSA) is 41.8 Å². The van der Waals surface area contributed by atoms with Crippen molar-refractivity contribution < 1.29 is 4.79 Å². The Labute approximate surface area is 76.5 Å². The molecule has 0 amide bonds. The predicted octanol–water partition coefficient (Wildman–Crippen LogP) is 1.79. The highest BCUT2D eigenvalue weighted by atomic mass is 35.5. The lowest BCUT2D eigenvalue weighted by atomic mass is 10.1. The first-order valence-electron chi connectivity index (χ1n) is 3.99. The second kappa shape index (κ2) is 3.81. The van der Waals surface area contributed by atoms with E-state index in [2.05, 4.69) is 16.9 Å². The average molecular weight is 187 g/mol. The van der Waals surface area contributed by atoms with Crippen LogP contribution in [0.25, 0.3) is 0 Å². The number of carbonyl (C=O) groups is 1. The predicted molar refractivity (Wildman–Crippen MR) is 50.1 cm³/mol. The highest BCUT2D eigenvalue weighted by molar-refractivity contribution is 6.80. The van der Waals surface area contributed by atoms with Crippen LogP contribution >= 0.6 is 11.6 Å². The van der Waals surface area contributed by atoms with Crippen molar-refractivity contribution in [3.63, 3.8) is 0 Å². The molecule has 1 heterocycles. The van der Waals surface area contributed by atoms with Gasteiger partial charge < -0.3 is 0 Å². The number of aliphatic imine (C=N–C) groups is 2. The van der Waals surface area contributed by atoms with Crippen LogP contribution in [0, 0.1) is 0 Å². The third-order valence-electron chi connectivity index (χ3n) is 1.78. The van der Waals surface area contributed by atoms with Gasteiger partial charge in [0.25, 0.3) is 0 Å². The Balaban J connectivity index is 2.66. The summed E-state index contributed by atoms with van der Waals surface area (Å²) in [5.74, 6) is 0. The van der Waals surface area contributed by atoms with E-state index in [0.29, 0.717) is 11.6 Å². The molecule has 0 aliphatic carbocycles. The second-order valence-corrected chi connectivity index (χ2v) is 3.18. The molecule has 0 bridgehead atoms. The smallest absolute Gasteiger partial charge is 0.207 e. The lowest BCUT2D eigenvalue weighted by molar-refractivity contribution is -0.112. The van der Waals surface area contributed by atoms with E-state index in [1.807, 2.05) is 0 Å². The first-order chi connectivity index (χ1) is 5.72. The van der Waals surface area contributed by atoms with Crippen LogP contribution < -0.4 is 0 Å². The zero-order valence-electron chi connectivity index (χ0n) is 6.96. The average Bonchev–Trinajstić information content (AvgIpc) is 2.45. The second-order valence-electron chi connectivity index (χ2n) is 2.79. The van der Waals surface area contributed by atoms with E-state index in [-0.39, 0.29) is 0 Å². The lowest BCUT2D eigenvalue weighted by Gasteiger charge is -2.13.